The van der Waals surface area contributed by atoms with Gasteiger partial charge >= 0.3 is 6.18 Å². The number of benzene rings is 1. The first kappa shape index (κ1) is 20.0. The van der Waals surface area contributed by atoms with Crippen molar-refractivity contribution >= 4 is 21.7 Å². The number of carbonyl (C=O) groups is 1. The fraction of sp³-hybridized carbons (Fsp3) is 0.400. The molecule has 2 atom stereocenters. The third-order valence-electron chi connectivity index (χ3n) is 3.55. The number of tetrazole rings is 1. The van der Waals surface area contributed by atoms with Crippen LogP contribution in [0.3, 0.4) is 0 Å². The average Bonchev–Trinajstić information content (AvgIpc) is 3.09. The van der Waals surface area contributed by atoms with Crippen molar-refractivity contribution in [2.45, 2.75) is 37.5 Å². The Morgan fingerprint density at radius 3 is 2.58 bits per heavy atom. The average molecular weight is 431 g/mol. The predicted molar refractivity (Wildman–Crippen MR) is 87.6 cm³/mol. The molecular formula is C15H14BrF3N6O. The SMILES string of the molecule is N#CCCC(=O)[C@H](Cc1nn[nH]n1)N[C@@H](c1ccc(Br)cc1)C(F)(F)F. The van der Waals surface area contributed by atoms with Gasteiger partial charge in [-0.25, -0.2) is 0 Å². The molecule has 0 aliphatic carbocycles. The van der Waals surface area contributed by atoms with Gasteiger partial charge in [-0.2, -0.15) is 23.6 Å². The van der Waals surface area contributed by atoms with E-state index in [9.17, 15) is 18.0 Å². The summed E-state index contributed by atoms with van der Waals surface area (Å²) in [6, 6.07) is 4.15. The molecule has 0 radical (unpaired) electrons. The molecule has 11 heteroatoms. The van der Waals surface area contributed by atoms with Crippen LogP contribution in [-0.4, -0.2) is 38.6 Å². The predicted octanol–water partition coefficient (Wildman–Crippen LogP) is 2.64. The fourth-order valence-corrected chi connectivity index (χ4v) is 2.57. The number of nitriles is 1. The molecule has 0 saturated carbocycles. The van der Waals surface area contributed by atoms with Gasteiger partial charge in [0.2, 0.25) is 0 Å². The minimum Gasteiger partial charge on any atom is -0.298 e. The van der Waals surface area contributed by atoms with Crippen LogP contribution in [0.1, 0.15) is 30.3 Å². The Labute approximate surface area is 155 Å². The third-order valence-corrected chi connectivity index (χ3v) is 4.07. The molecule has 2 N–H and O–H groups in total. The number of ketones is 1. The van der Waals surface area contributed by atoms with Crippen molar-refractivity contribution in [2.24, 2.45) is 0 Å². The van der Waals surface area contributed by atoms with E-state index in [1.54, 1.807) is 0 Å². The van der Waals surface area contributed by atoms with E-state index in [2.05, 4.69) is 41.9 Å². The van der Waals surface area contributed by atoms with Crippen molar-refractivity contribution in [3.05, 3.63) is 40.1 Å². The Kier molecular flexibility index (Phi) is 6.82. The van der Waals surface area contributed by atoms with E-state index < -0.39 is 24.0 Å². The van der Waals surface area contributed by atoms with Gasteiger partial charge in [0.15, 0.2) is 11.6 Å². The summed E-state index contributed by atoms with van der Waals surface area (Å²) in [5, 5.41) is 23.9. The Bertz CT molecular complexity index is 757. The summed E-state index contributed by atoms with van der Waals surface area (Å²) in [7, 11) is 0. The van der Waals surface area contributed by atoms with Crippen LogP contribution in [0.2, 0.25) is 0 Å². The van der Waals surface area contributed by atoms with Crippen LogP contribution in [0.4, 0.5) is 13.2 Å². The molecular weight excluding hydrogens is 417 g/mol. The normalized spacial score (nSPS) is 13.8. The summed E-state index contributed by atoms with van der Waals surface area (Å²) in [6.07, 6.45) is -5.06. The molecule has 1 heterocycles. The number of alkyl halides is 3. The van der Waals surface area contributed by atoms with Gasteiger partial charge in [-0.3, -0.25) is 10.1 Å². The molecule has 7 nitrogen and oxygen atoms in total. The van der Waals surface area contributed by atoms with Gasteiger partial charge in [0.1, 0.15) is 6.04 Å². The zero-order chi connectivity index (χ0) is 19.2. The van der Waals surface area contributed by atoms with Gasteiger partial charge in [0, 0.05) is 23.7 Å². The van der Waals surface area contributed by atoms with Crippen LogP contribution in [0, 0.1) is 11.3 Å². The first-order valence-corrected chi connectivity index (χ1v) is 8.30. The minimum absolute atomic E-state index is 0.0353. The Morgan fingerprint density at radius 2 is 2.04 bits per heavy atom. The van der Waals surface area contributed by atoms with Gasteiger partial charge < -0.3 is 0 Å². The van der Waals surface area contributed by atoms with Crippen LogP contribution in [0.5, 0.6) is 0 Å². The second kappa shape index (κ2) is 8.86. The molecule has 2 rings (SSSR count). The van der Waals surface area contributed by atoms with E-state index in [1.165, 1.54) is 24.3 Å². The number of halogens is 4. The molecule has 0 fully saturated rings. The number of aromatic amines is 1. The maximum atomic E-state index is 13.6. The van der Waals surface area contributed by atoms with E-state index in [1.807, 2.05) is 6.07 Å². The number of carbonyl (C=O) groups excluding carboxylic acids is 1. The highest BCUT2D eigenvalue weighted by molar-refractivity contribution is 9.10. The highest BCUT2D eigenvalue weighted by atomic mass is 79.9. The molecule has 1 aromatic carbocycles. The van der Waals surface area contributed by atoms with E-state index in [0.717, 1.165) is 0 Å². The van der Waals surface area contributed by atoms with E-state index in [4.69, 9.17) is 5.26 Å². The molecule has 138 valence electrons. The molecule has 0 spiro atoms. The standard InChI is InChI=1S/C15H14BrF3N6O/c16-10-5-3-9(4-6-10)14(15(17,18)19)21-11(12(26)2-1-7-20)8-13-22-24-25-23-13/h3-6,11,14,21H,1-2,8H2,(H,22,23,24,25)/t11-,14-/m0/s1. The summed E-state index contributed by atoms with van der Waals surface area (Å²) < 4.78 is 41.4. The maximum absolute atomic E-state index is 13.6. The lowest BCUT2D eigenvalue weighted by molar-refractivity contribution is -0.160. The number of H-pyrrole nitrogens is 1. The van der Waals surface area contributed by atoms with Gasteiger partial charge in [-0.05, 0) is 17.7 Å². The number of rotatable bonds is 8. The highest BCUT2D eigenvalue weighted by Gasteiger charge is 2.42. The molecule has 1 aromatic heterocycles. The number of nitrogens with one attached hydrogen (secondary N) is 2. The molecule has 0 aliphatic heterocycles. The summed E-state index contributed by atoms with van der Waals surface area (Å²) in [4.78, 5) is 12.3. The third kappa shape index (κ3) is 5.60. The summed E-state index contributed by atoms with van der Waals surface area (Å²) >= 11 is 3.17. The second-order valence-corrected chi connectivity index (χ2v) is 6.32. The zero-order valence-electron chi connectivity index (χ0n) is 13.3. The number of Topliss-reactive ketones (excluding diaryl/α,β-unsaturated/α-hetero) is 1. The van der Waals surface area contributed by atoms with E-state index >= 15 is 0 Å². The van der Waals surface area contributed by atoms with Gasteiger partial charge in [-0.1, -0.05) is 33.3 Å². The van der Waals surface area contributed by atoms with Crippen LogP contribution in [0.15, 0.2) is 28.7 Å². The van der Waals surface area contributed by atoms with E-state index in [-0.39, 0.29) is 30.7 Å². The Hall–Kier alpha value is -2.32. The van der Waals surface area contributed by atoms with Crippen LogP contribution >= 0.6 is 15.9 Å². The largest absolute Gasteiger partial charge is 0.407 e. The highest BCUT2D eigenvalue weighted by Crippen LogP contribution is 2.34. The first-order valence-electron chi connectivity index (χ1n) is 7.51. The quantitative estimate of drug-likeness (QED) is 0.666. The number of nitrogens with zero attached hydrogens (tertiary/aromatic N) is 4. The molecule has 0 bridgehead atoms. The van der Waals surface area contributed by atoms with Crippen LogP contribution < -0.4 is 5.32 Å². The van der Waals surface area contributed by atoms with Gasteiger partial charge in [-0.15, -0.1) is 10.2 Å². The number of hydrogen-bond donors (Lipinski definition) is 2. The van der Waals surface area contributed by atoms with Crippen LogP contribution in [-0.2, 0) is 11.2 Å². The maximum Gasteiger partial charge on any atom is 0.407 e. The summed E-state index contributed by atoms with van der Waals surface area (Å²) in [6.45, 7) is 0. The Morgan fingerprint density at radius 1 is 1.35 bits per heavy atom. The summed E-state index contributed by atoms with van der Waals surface area (Å²) in [5.41, 5.74) is -0.0353. The van der Waals surface area contributed by atoms with Crippen molar-refractivity contribution in [2.75, 3.05) is 0 Å². The first-order chi connectivity index (χ1) is 12.3. The van der Waals surface area contributed by atoms with Gasteiger partial charge in [0.25, 0.3) is 0 Å². The smallest absolute Gasteiger partial charge is 0.298 e. The molecule has 26 heavy (non-hydrogen) atoms. The fourth-order valence-electron chi connectivity index (χ4n) is 2.31. The zero-order valence-corrected chi connectivity index (χ0v) is 14.9. The van der Waals surface area contributed by atoms with Gasteiger partial charge in [0.05, 0.1) is 12.1 Å². The minimum atomic E-state index is -4.63. The molecule has 0 aliphatic rings. The topological polar surface area (TPSA) is 107 Å². The summed E-state index contributed by atoms with van der Waals surface area (Å²) in [5.74, 6) is -0.424. The number of aromatic nitrogens is 4. The monoisotopic (exact) mass is 430 g/mol. The van der Waals surface area contributed by atoms with Crippen molar-refractivity contribution in [1.82, 2.24) is 25.9 Å². The van der Waals surface area contributed by atoms with Crippen molar-refractivity contribution in [3.63, 3.8) is 0 Å². The van der Waals surface area contributed by atoms with Crippen LogP contribution in [0.25, 0.3) is 0 Å². The number of hydrogen-bond acceptors (Lipinski definition) is 6. The van der Waals surface area contributed by atoms with E-state index in [0.29, 0.717) is 4.47 Å². The van der Waals surface area contributed by atoms with Crippen molar-refractivity contribution in [1.29, 1.82) is 5.26 Å². The lowest BCUT2D eigenvalue weighted by Gasteiger charge is -2.26. The Balaban J connectivity index is 2.27. The lowest BCUT2D eigenvalue weighted by Crippen LogP contribution is -2.46. The van der Waals surface area contributed by atoms with Crippen molar-refractivity contribution in [3.8, 4) is 6.07 Å². The molecule has 2 aromatic rings. The molecule has 0 amide bonds. The second-order valence-electron chi connectivity index (χ2n) is 5.40. The lowest BCUT2D eigenvalue weighted by atomic mass is 10.00. The van der Waals surface area contributed by atoms with Crippen molar-refractivity contribution < 1.29 is 18.0 Å². The molecule has 0 unspecified atom stereocenters. The molecule has 0 saturated heterocycles.